The third-order valence-corrected chi connectivity index (χ3v) is 13.0. The Morgan fingerprint density at radius 3 is 2.00 bits per heavy atom. The summed E-state index contributed by atoms with van der Waals surface area (Å²) >= 11 is -0.222. The van der Waals surface area contributed by atoms with Crippen molar-refractivity contribution < 1.29 is 40.2 Å². The number of carbonyl (C=O) groups excluding carboxylic acids is 1. The molecule has 4 saturated carbocycles. The average molecular weight is 680 g/mol. The summed E-state index contributed by atoms with van der Waals surface area (Å²) in [4.78, 5) is 12.8. The van der Waals surface area contributed by atoms with E-state index in [0.717, 1.165) is 23.1 Å². The van der Waals surface area contributed by atoms with Crippen molar-refractivity contribution in [2.75, 3.05) is 6.61 Å². The second-order valence-electron chi connectivity index (χ2n) is 13.9. The van der Waals surface area contributed by atoms with Crippen molar-refractivity contribution in [2.45, 2.75) is 84.3 Å². The lowest BCUT2D eigenvalue weighted by molar-refractivity contribution is -0.598. The van der Waals surface area contributed by atoms with Crippen molar-refractivity contribution in [1.82, 2.24) is 0 Å². The molecule has 5 heteroatoms. The molecule has 42 heavy (non-hydrogen) atoms. The maximum atomic E-state index is 12.8. The third kappa shape index (κ3) is 6.51. The van der Waals surface area contributed by atoms with Crippen LogP contribution in [-0.4, -0.2) is 18.2 Å². The molecule has 4 aliphatic rings. The summed E-state index contributed by atoms with van der Waals surface area (Å²) in [6.45, 7) is 11.6. The Morgan fingerprint density at radius 1 is 0.833 bits per heavy atom. The van der Waals surface area contributed by atoms with Gasteiger partial charge in [-0.05, 0) is 135 Å². The quantitative estimate of drug-likeness (QED) is 0.233. The van der Waals surface area contributed by atoms with E-state index >= 15 is 0 Å². The first-order chi connectivity index (χ1) is 20.0. The predicted molar refractivity (Wildman–Crippen MR) is 162 cm³/mol. The molecular formula is C37H44IO4+. The van der Waals surface area contributed by atoms with Gasteiger partial charge in [0.25, 0.3) is 0 Å². The fourth-order valence-corrected chi connectivity index (χ4v) is 9.87. The van der Waals surface area contributed by atoms with E-state index < -0.39 is 0 Å². The molecule has 4 bridgehead atoms. The second kappa shape index (κ2) is 11.9. The van der Waals surface area contributed by atoms with Gasteiger partial charge in [-0.3, -0.25) is 0 Å². The largest absolute Gasteiger partial charge is 0.489 e. The van der Waals surface area contributed by atoms with Crippen LogP contribution in [0.5, 0.6) is 11.5 Å². The zero-order valence-electron chi connectivity index (χ0n) is 25.6. The van der Waals surface area contributed by atoms with Crippen LogP contribution in [-0.2, 0) is 21.6 Å². The van der Waals surface area contributed by atoms with Crippen molar-refractivity contribution in [1.29, 1.82) is 0 Å². The van der Waals surface area contributed by atoms with Crippen molar-refractivity contribution in [3.8, 4) is 11.5 Å². The molecule has 0 aromatic heterocycles. The SMILES string of the molecule is Cc1cc(COc2ccc(OCC(=O)OC3(C)C4CC5CC(C4)CC3C5)cc2)ccc1[I+]c1ccc(C(C)(C)C)cc1. The zero-order chi connectivity index (χ0) is 29.5. The number of hydrogen-bond donors (Lipinski definition) is 0. The summed E-state index contributed by atoms with van der Waals surface area (Å²) in [5.41, 5.74) is 3.72. The third-order valence-electron chi connectivity index (χ3n) is 9.82. The first-order valence-electron chi connectivity index (χ1n) is 15.5. The normalized spacial score (nSPS) is 26.2. The summed E-state index contributed by atoms with van der Waals surface area (Å²) in [6, 6.07) is 23.3. The monoisotopic (exact) mass is 679 g/mol. The number of ether oxygens (including phenoxy) is 3. The van der Waals surface area contributed by atoms with E-state index in [2.05, 4.69) is 77.1 Å². The van der Waals surface area contributed by atoms with E-state index in [1.807, 2.05) is 24.3 Å². The molecular weight excluding hydrogens is 635 g/mol. The molecule has 7 rings (SSSR count). The van der Waals surface area contributed by atoms with Gasteiger partial charge < -0.3 is 14.2 Å². The van der Waals surface area contributed by atoms with Crippen LogP contribution in [0.1, 0.15) is 76.5 Å². The van der Waals surface area contributed by atoms with E-state index in [1.165, 1.54) is 50.4 Å². The molecule has 0 saturated heterocycles. The number of halogens is 1. The van der Waals surface area contributed by atoms with E-state index in [1.54, 1.807) is 0 Å². The molecule has 3 aromatic rings. The van der Waals surface area contributed by atoms with Gasteiger partial charge in [-0.15, -0.1) is 0 Å². The highest BCUT2D eigenvalue weighted by Crippen LogP contribution is 2.59. The molecule has 4 fully saturated rings. The number of hydrogen-bond acceptors (Lipinski definition) is 4. The van der Waals surface area contributed by atoms with Gasteiger partial charge in [0.1, 0.15) is 23.7 Å². The van der Waals surface area contributed by atoms with Crippen LogP contribution in [0.3, 0.4) is 0 Å². The Kier molecular flexibility index (Phi) is 8.34. The predicted octanol–water partition coefficient (Wildman–Crippen LogP) is 5.14. The summed E-state index contributed by atoms with van der Waals surface area (Å²) in [5.74, 6) is 3.90. The van der Waals surface area contributed by atoms with Crippen molar-refractivity contribution in [2.24, 2.45) is 23.7 Å². The smallest absolute Gasteiger partial charge is 0.358 e. The van der Waals surface area contributed by atoms with Crippen LogP contribution < -0.4 is 30.7 Å². The first kappa shape index (κ1) is 29.5. The van der Waals surface area contributed by atoms with Gasteiger partial charge >= 0.3 is 27.2 Å². The molecule has 0 radical (unpaired) electrons. The number of benzene rings is 3. The molecule has 0 unspecified atom stereocenters. The van der Waals surface area contributed by atoms with Gasteiger partial charge in [-0.25, -0.2) is 4.79 Å². The van der Waals surface area contributed by atoms with Gasteiger partial charge in [-0.1, -0.05) is 39.0 Å². The van der Waals surface area contributed by atoms with Crippen molar-refractivity contribution in [3.63, 3.8) is 0 Å². The maximum Gasteiger partial charge on any atom is 0.358 e. The van der Waals surface area contributed by atoms with Crippen LogP contribution in [0.2, 0.25) is 0 Å². The molecule has 4 nitrogen and oxygen atoms in total. The molecule has 0 amide bonds. The summed E-state index contributed by atoms with van der Waals surface area (Å²) in [6.07, 6.45) is 6.26. The minimum absolute atomic E-state index is 0.0585. The number of esters is 1. The molecule has 0 N–H and O–H groups in total. The Morgan fingerprint density at radius 2 is 1.43 bits per heavy atom. The number of carbonyl (C=O) groups is 1. The molecule has 0 spiro atoms. The molecule has 0 atom stereocenters. The summed E-state index contributed by atoms with van der Waals surface area (Å²) < 4.78 is 20.9. The van der Waals surface area contributed by atoms with Gasteiger partial charge in [0.15, 0.2) is 13.7 Å². The standard InChI is InChI=1S/C37H44IO4/c1-24-16-25(6-15-34(24)38-31-9-7-28(8-10-31)36(2,3)4)22-40-32-11-13-33(14-12-32)41-23-35(39)42-37(5)29-18-26-17-27(20-29)21-30(37)19-26/h6-16,26-27,29-30H,17-23H2,1-5H3/q+1. The lowest BCUT2D eigenvalue weighted by Crippen LogP contribution is -3.61. The minimum atomic E-state index is -0.318. The fourth-order valence-electron chi connectivity index (χ4n) is 7.54. The minimum Gasteiger partial charge on any atom is -0.489 e. The second-order valence-corrected chi connectivity index (χ2v) is 16.9. The molecule has 4 aliphatic carbocycles. The average Bonchev–Trinajstić information content (AvgIpc) is 2.95. The maximum absolute atomic E-state index is 12.8. The molecule has 0 heterocycles. The number of aryl methyl sites for hydroxylation is 1. The Hall–Kier alpha value is -2.54. The van der Waals surface area contributed by atoms with Gasteiger partial charge in [0.05, 0.1) is 0 Å². The highest BCUT2D eigenvalue weighted by Gasteiger charge is 2.57. The van der Waals surface area contributed by atoms with E-state index in [-0.39, 0.29) is 44.8 Å². The van der Waals surface area contributed by atoms with E-state index in [9.17, 15) is 4.79 Å². The highest BCUT2D eigenvalue weighted by molar-refractivity contribution is 5.71. The van der Waals surface area contributed by atoms with Gasteiger partial charge in [-0.2, -0.15) is 0 Å². The Bertz CT molecular complexity index is 1380. The van der Waals surface area contributed by atoms with Crippen LogP contribution >= 0.6 is 0 Å². The lowest BCUT2D eigenvalue weighted by atomic mass is 9.50. The molecule has 0 aliphatic heterocycles. The molecule has 222 valence electrons. The van der Waals surface area contributed by atoms with Crippen LogP contribution in [0.4, 0.5) is 0 Å². The van der Waals surface area contributed by atoms with Crippen molar-refractivity contribution >= 4 is 5.97 Å². The summed E-state index contributed by atoms with van der Waals surface area (Å²) in [5, 5.41) is 0. The van der Waals surface area contributed by atoms with E-state index in [4.69, 9.17) is 14.2 Å². The van der Waals surface area contributed by atoms with Crippen molar-refractivity contribution in [3.05, 3.63) is 90.6 Å². The zero-order valence-corrected chi connectivity index (χ0v) is 27.8. The summed E-state index contributed by atoms with van der Waals surface area (Å²) in [7, 11) is 0. The lowest BCUT2D eigenvalue weighted by Gasteiger charge is -2.59. The van der Waals surface area contributed by atoms with Crippen LogP contribution in [0.25, 0.3) is 0 Å². The highest BCUT2D eigenvalue weighted by atomic mass is 127. The Balaban J connectivity index is 0.968. The van der Waals surface area contributed by atoms with Gasteiger partial charge in [0, 0.05) is 5.56 Å². The topological polar surface area (TPSA) is 44.8 Å². The number of rotatable bonds is 9. The van der Waals surface area contributed by atoms with E-state index in [0.29, 0.717) is 24.2 Å². The van der Waals surface area contributed by atoms with Gasteiger partial charge in [0.2, 0.25) is 0 Å². The first-order valence-corrected chi connectivity index (χ1v) is 17.6. The van der Waals surface area contributed by atoms with Crippen LogP contribution in [0, 0.1) is 37.7 Å². The molecule has 3 aromatic carbocycles. The Labute approximate surface area is 261 Å². The fraction of sp³-hybridized carbons (Fsp3) is 0.486. The van der Waals surface area contributed by atoms with Crippen LogP contribution in [0.15, 0.2) is 66.7 Å².